The van der Waals surface area contributed by atoms with Crippen molar-refractivity contribution in [2.24, 2.45) is 0 Å². The van der Waals surface area contributed by atoms with Crippen LogP contribution in [0.25, 0.3) is 11.0 Å². The Hall–Kier alpha value is -3.65. The van der Waals surface area contributed by atoms with E-state index >= 15 is 0 Å². The molecule has 0 aliphatic rings. The molecule has 0 radical (unpaired) electrons. The molecule has 0 aliphatic carbocycles. The van der Waals surface area contributed by atoms with Gasteiger partial charge in [-0.25, -0.2) is 4.98 Å². The van der Waals surface area contributed by atoms with Crippen LogP contribution in [-0.2, 0) is 0 Å². The number of aromatic nitrogens is 2. The number of non-ortho nitro benzene ring substituents is 1. The van der Waals surface area contributed by atoms with E-state index in [9.17, 15) is 14.9 Å². The highest BCUT2D eigenvalue weighted by atomic mass is 32.2. The number of aromatic amines is 1. The van der Waals surface area contributed by atoms with E-state index in [0.717, 1.165) is 21.1 Å². The summed E-state index contributed by atoms with van der Waals surface area (Å²) in [7, 11) is 0. The number of imidazole rings is 1. The van der Waals surface area contributed by atoms with Gasteiger partial charge in [-0.2, -0.15) is 0 Å². The molecule has 8 heteroatoms. The maximum Gasteiger partial charge on any atom is 0.269 e. The fraction of sp³-hybridized carbons (Fsp3) is 0. The molecule has 1 heterocycles. The summed E-state index contributed by atoms with van der Waals surface area (Å²) >= 11 is 1.50. The standard InChI is InChI=1S/C20H14N4O3S/c25-19(13-5-9-15(10-6-13)24(26)27)21-14-7-11-16(12-8-14)28-20-22-17-3-1-2-4-18(17)23-20/h1-12H,(H,21,25)(H,22,23). The number of fused-ring (bicyclic) bond motifs is 1. The molecule has 0 saturated heterocycles. The lowest BCUT2D eigenvalue weighted by atomic mass is 10.2. The van der Waals surface area contributed by atoms with Gasteiger partial charge in [0, 0.05) is 28.3 Å². The maximum absolute atomic E-state index is 12.3. The summed E-state index contributed by atoms with van der Waals surface area (Å²) in [6.45, 7) is 0. The number of nitro benzene ring substituents is 1. The van der Waals surface area contributed by atoms with E-state index in [0.29, 0.717) is 11.3 Å². The first-order valence-corrected chi connectivity index (χ1v) is 9.18. The predicted octanol–water partition coefficient (Wildman–Crippen LogP) is 4.87. The van der Waals surface area contributed by atoms with Crippen LogP contribution in [0.2, 0.25) is 0 Å². The molecule has 0 atom stereocenters. The number of carbonyl (C=O) groups excluding carboxylic acids is 1. The number of carbonyl (C=O) groups is 1. The highest BCUT2D eigenvalue weighted by molar-refractivity contribution is 7.99. The van der Waals surface area contributed by atoms with Crippen molar-refractivity contribution >= 4 is 40.1 Å². The van der Waals surface area contributed by atoms with Gasteiger partial charge in [-0.15, -0.1) is 0 Å². The molecule has 1 aromatic heterocycles. The van der Waals surface area contributed by atoms with E-state index in [2.05, 4.69) is 15.3 Å². The zero-order chi connectivity index (χ0) is 19.5. The average molecular weight is 390 g/mol. The van der Waals surface area contributed by atoms with E-state index < -0.39 is 4.92 Å². The van der Waals surface area contributed by atoms with Gasteiger partial charge < -0.3 is 10.3 Å². The number of anilines is 1. The summed E-state index contributed by atoms with van der Waals surface area (Å²) in [6, 6.07) is 20.7. The van der Waals surface area contributed by atoms with Crippen molar-refractivity contribution < 1.29 is 9.72 Å². The highest BCUT2D eigenvalue weighted by Gasteiger charge is 2.10. The van der Waals surface area contributed by atoms with Crippen LogP contribution in [0.15, 0.2) is 82.8 Å². The van der Waals surface area contributed by atoms with Crippen LogP contribution in [0.4, 0.5) is 11.4 Å². The topological polar surface area (TPSA) is 101 Å². The molecule has 4 aromatic rings. The minimum absolute atomic E-state index is 0.0523. The third kappa shape index (κ3) is 3.86. The SMILES string of the molecule is O=C(Nc1ccc(Sc2nc3ccccc3[nH]2)cc1)c1ccc([N+](=O)[O-])cc1. The summed E-state index contributed by atoms with van der Waals surface area (Å²) < 4.78 is 0. The number of amides is 1. The molecule has 0 unspecified atom stereocenters. The van der Waals surface area contributed by atoms with Crippen molar-refractivity contribution in [3.05, 3.63) is 88.5 Å². The van der Waals surface area contributed by atoms with Crippen LogP contribution < -0.4 is 5.32 Å². The van der Waals surface area contributed by atoms with Gasteiger partial charge in [0.2, 0.25) is 0 Å². The second-order valence-electron chi connectivity index (χ2n) is 5.94. The van der Waals surface area contributed by atoms with Gasteiger partial charge in [0.1, 0.15) is 0 Å². The van der Waals surface area contributed by atoms with Crippen LogP contribution in [0, 0.1) is 10.1 Å². The molecule has 0 fully saturated rings. The van der Waals surface area contributed by atoms with Crippen LogP contribution >= 0.6 is 11.8 Å². The second kappa shape index (κ2) is 7.53. The number of nitrogens with zero attached hydrogens (tertiary/aromatic N) is 2. The Morgan fingerprint density at radius 3 is 2.39 bits per heavy atom. The highest BCUT2D eigenvalue weighted by Crippen LogP contribution is 2.28. The van der Waals surface area contributed by atoms with E-state index in [4.69, 9.17) is 0 Å². The first-order chi connectivity index (χ1) is 13.6. The lowest BCUT2D eigenvalue weighted by Crippen LogP contribution is -2.11. The molecule has 28 heavy (non-hydrogen) atoms. The van der Waals surface area contributed by atoms with Gasteiger partial charge in [0.05, 0.1) is 16.0 Å². The zero-order valence-electron chi connectivity index (χ0n) is 14.5. The van der Waals surface area contributed by atoms with Crippen LogP contribution in [0.1, 0.15) is 10.4 Å². The lowest BCUT2D eigenvalue weighted by molar-refractivity contribution is -0.384. The third-order valence-electron chi connectivity index (χ3n) is 4.03. The Kier molecular flexibility index (Phi) is 4.77. The predicted molar refractivity (Wildman–Crippen MR) is 108 cm³/mol. The number of rotatable bonds is 5. The summed E-state index contributed by atoms with van der Waals surface area (Å²) in [5.41, 5.74) is 2.83. The Morgan fingerprint density at radius 2 is 1.71 bits per heavy atom. The minimum atomic E-state index is -0.500. The normalized spacial score (nSPS) is 10.7. The fourth-order valence-electron chi connectivity index (χ4n) is 2.63. The summed E-state index contributed by atoms with van der Waals surface area (Å²) in [5.74, 6) is -0.326. The van der Waals surface area contributed by atoms with Gasteiger partial charge in [0.25, 0.3) is 11.6 Å². The van der Waals surface area contributed by atoms with E-state index in [-0.39, 0.29) is 11.6 Å². The lowest BCUT2D eigenvalue weighted by Gasteiger charge is -2.06. The molecule has 0 spiro atoms. The number of hydrogen-bond donors (Lipinski definition) is 2. The number of H-pyrrole nitrogens is 1. The van der Waals surface area contributed by atoms with Crippen LogP contribution in [-0.4, -0.2) is 20.8 Å². The summed E-state index contributed by atoms with van der Waals surface area (Å²) in [6.07, 6.45) is 0. The molecule has 3 aromatic carbocycles. The molecule has 0 bridgehead atoms. The first kappa shape index (κ1) is 17.7. The molecule has 2 N–H and O–H groups in total. The van der Waals surface area contributed by atoms with E-state index in [1.165, 1.54) is 36.0 Å². The minimum Gasteiger partial charge on any atom is -0.333 e. The van der Waals surface area contributed by atoms with Crippen molar-refractivity contribution in [2.75, 3.05) is 5.32 Å². The van der Waals surface area contributed by atoms with Gasteiger partial charge in [0.15, 0.2) is 5.16 Å². The van der Waals surface area contributed by atoms with E-state index in [1.54, 1.807) is 12.1 Å². The van der Waals surface area contributed by atoms with Gasteiger partial charge in [-0.3, -0.25) is 14.9 Å². The largest absolute Gasteiger partial charge is 0.333 e. The average Bonchev–Trinajstić information content (AvgIpc) is 3.12. The monoisotopic (exact) mass is 390 g/mol. The number of benzene rings is 3. The number of nitrogens with one attached hydrogen (secondary N) is 2. The zero-order valence-corrected chi connectivity index (χ0v) is 15.3. The molecular formula is C20H14N4O3S. The first-order valence-electron chi connectivity index (χ1n) is 8.37. The number of hydrogen-bond acceptors (Lipinski definition) is 5. The molecule has 7 nitrogen and oxygen atoms in total. The van der Waals surface area contributed by atoms with Gasteiger partial charge >= 0.3 is 0 Å². The smallest absolute Gasteiger partial charge is 0.269 e. The fourth-order valence-corrected chi connectivity index (χ4v) is 3.43. The van der Waals surface area contributed by atoms with Crippen molar-refractivity contribution in [2.45, 2.75) is 10.1 Å². The Balaban J connectivity index is 1.42. The van der Waals surface area contributed by atoms with Crippen molar-refractivity contribution in [1.82, 2.24) is 9.97 Å². The summed E-state index contributed by atoms with van der Waals surface area (Å²) in [5, 5.41) is 14.3. The molecule has 0 saturated carbocycles. The molecule has 0 aliphatic heterocycles. The van der Waals surface area contributed by atoms with Crippen LogP contribution in [0.3, 0.4) is 0 Å². The Morgan fingerprint density at radius 1 is 1.00 bits per heavy atom. The van der Waals surface area contributed by atoms with Crippen molar-refractivity contribution in [1.29, 1.82) is 0 Å². The van der Waals surface area contributed by atoms with Crippen molar-refractivity contribution in [3.8, 4) is 0 Å². The van der Waals surface area contributed by atoms with Gasteiger partial charge in [-0.05, 0) is 48.5 Å². The number of para-hydroxylation sites is 2. The van der Waals surface area contributed by atoms with E-state index in [1.807, 2.05) is 36.4 Å². The molecule has 138 valence electrons. The number of nitro groups is 1. The van der Waals surface area contributed by atoms with Crippen molar-refractivity contribution in [3.63, 3.8) is 0 Å². The quantitative estimate of drug-likeness (QED) is 0.374. The summed E-state index contributed by atoms with van der Waals surface area (Å²) in [4.78, 5) is 31.2. The second-order valence-corrected chi connectivity index (χ2v) is 7.01. The van der Waals surface area contributed by atoms with Gasteiger partial charge in [-0.1, -0.05) is 23.9 Å². The molecule has 4 rings (SSSR count). The maximum atomic E-state index is 12.3. The molecular weight excluding hydrogens is 376 g/mol. The third-order valence-corrected chi connectivity index (χ3v) is 4.93. The van der Waals surface area contributed by atoms with Crippen LogP contribution in [0.5, 0.6) is 0 Å². The Bertz CT molecular complexity index is 1120. The Labute approximate surface area is 164 Å². The molecule has 1 amide bonds.